The van der Waals surface area contributed by atoms with Crippen molar-refractivity contribution < 1.29 is 4.39 Å². The second kappa shape index (κ2) is 4.21. The van der Waals surface area contributed by atoms with Gasteiger partial charge in [-0.2, -0.15) is 0 Å². The minimum atomic E-state index is -0.980. The van der Waals surface area contributed by atoms with Crippen molar-refractivity contribution in [3.8, 4) is 0 Å². The molecular formula is C13H18FN. The molecule has 1 aliphatic rings. The van der Waals surface area contributed by atoms with Gasteiger partial charge in [-0.25, -0.2) is 4.39 Å². The van der Waals surface area contributed by atoms with Gasteiger partial charge in [0.05, 0.1) is 0 Å². The smallest absolute Gasteiger partial charge is 0.115 e. The van der Waals surface area contributed by atoms with E-state index in [-0.39, 0.29) is 0 Å². The molecule has 1 fully saturated rings. The van der Waals surface area contributed by atoms with Gasteiger partial charge in [0.15, 0.2) is 0 Å². The summed E-state index contributed by atoms with van der Waals surface area (Å²) in [6.45, 7) is 0. The van der Waals surface area contributed by atoms with Crippen LogP contribution in [-0.2, 0) is 6.42 Å². The van der Waals surface area contributed by atoms with Crippen molar-refractivity contribution in [1.29, 1.82) is 0 Å². The molecule has 0 amide bonds. The van der Waals surface area contributed by atoms with Crippen molar-refractivity contribution >= 4 is 5.69 Å². The molecule has 0 atom stereocenters. The number of rotatable bonds is 2. The van der Waals surface area contributed by atoms with E-state index in [0.717, 1.165) is 24.1 Å². The van der Waals surface area contributed by atoms with Gasteiger partial charge in [0.25, 0.3) is 0 Å². The van der Waals surface area contributed by atoms with E-state index in [9.17, 15) is 4.39 Å². The quantitative estimate of drug-likeness (QED) is 0.738. The third-order valence-corrected chi connectivity index (χ3v) is 3.22. The van der Waals surface area contributed by atoms with Gasteiger partial charge in [0, 0.05) is 12.1 Å². The number of alkyl halides is 1. The third-order valence-electron chi connectivity index (χ3n) is 3.22. The molecule has 1 saturated carbocycles. The van der Waals surface area contributed by atoms with Gasteiger partial charge in [-0.15, -0.1) is 0 Å². The van der Waals surface area contributed by atoms with Crippen LogP contribution in [0.25, 0.3) is 0 Å². The second-order valence-electron chi connectivity index (χ2n) is 4.63. The highest BCUT2D eigenvalue weighted by atomic mass is 19.1. The maximum atomic E-state index is 14.3. The fourth-order valence-electron chi connectivity index (χ4n) is 2.43. The maximum absolute atomic E-state index is 14.3. The van der Waals surface area contributed by atoms with Crippen molar-refractivity contribution in [3.05, 3.63) is 29.8 Å². The average Bonchev–Trinajstić information content (AvgIpc) is 2.18. The Morgan fingerprint density at radius 2 is 1.93 bits per heavy atom. The molecule has 1 aromatic rings. The molecule has 0 aliphatic heterocycles. The number of benzene rings is 1. The lowest BCUT2D eigenvalue weighted by Crippen LogP contribution is -2.28. The number of anilines is 1. The van der Waals surface area contributed by atoms with Crippen LogP contribution in [0.2, 0.25) is 0 Å². The Morgan fingerprint density at radius 3 is 2.60 bits per heavy atom. The maximum Gasteiger partial charge on any atom is 0.115 e. The van der Waals surface area contributed by atoms with E-state index >= 15 is 0 Å². The largest absolute Gasteiger partial charge is 0.399 e. The number of nitrogens with two attached hydrogens (primary N) is 1. The second-order valence-corrected chi connectivity index (χ2v) is 4.63. The summed E-state index contributed by atoms with van der Waals surface area (Å²) in [6.07, 6.45) is 5.18. The van der Waals surface area contributed by atoms with Crippen molar-refractivity contribution in [2.24, 2.45) is 0 Å². The fourth-order valence-corrected chi connectivity index (χ4v) is 2.43. The Balaban J connectivity index is 2.06. The Kier molecular flexibility index (Phi) is 2.94. The molecule has 0 saturated heterocycles. The predicted octanol–water partition coefficient (Wildman–Crippen LogP) is 3.48. The molecule has 0 bridgehead atoms. The van der Waals surface area contributed by atoms with Crippen LogP contribution in [0.5, 0.6) is 0 Å². The lowest BCUT2D eigenvalue weighted by atomic mass is 9.82. The summed E-state index contributed by atoms with van der Waals surface area (Å²) in [7, 11) is 0. The highest BCUT2D eigenvalue weighted by Gasteiger charge is 2.31. The van der Waals surface area contributed by atoms with Crippen LogP contribution in [0.1, 0.15) is 37.7 Å². The van der Waals surface area contributed by atoms with Crippen LogP contribution < -0.4 is 5.73 Å². The molecule has 0 spiro atoms. The van der Waals surface area contributed by atoms with E-state index in [4.69, 9.17) is 5.73 Å². The first-order valence-corrected chi connectivity index (χ1v) is 5.71. The van der Waals surface area contributed by atoms with Gasteiger partial charge >= 0.3 is 0 Å². The van der Waals surface area contributed by atoms with Gasteiger partial charge in [0.2, 0.25) is 0 Å². The SMILES string of the molecule is Nc1cccc(CC2(F)CCCCC2)c1. The molecule has 1 nitrogen and oxygen atoms in total. The lowest BCUT2D eigenvalue weighted by molar-refractivity contribution is 0.107. The van der Waals surface area contributed by atoms with Crippen LogP contribution in [0.3, 0.4) is 0 Å². The Bertz CT molecular complexity index is 329. The third kappa shape index (κ3) is 2.71. The van der Waals surface area contributed by atoms with Crippen LogP contribution in [0, 0.1) is 0 Å². The van der Waals surface area contributed by atoms with E-state index < -0.39 is 5.67 Å². The molecule has 0 heterocycles. The predicted molar refractivity (Wildman–Crippen MR) is 61.5 cm³/mol. The molecule has 0 aromatic heterocycles. The summed E-state index contributed by atoms with van der Waals surface area (Å²) < 4.78 is 14.3. The minimum Gasteiger partial charge on any atom is -0.399 e. The number of hydrogen-bond acceptors (Lipinski definition) is 1. The van der Waals surface area contributed by atoms with Crippen LogP contribution >= 0.6 is 0 Å². The zero-order valence-electron chi connectivity index (χ0n) is 9.01. The fraction of sp³-hybridized carbons (Fsp3) is 0.538. The molecule has 1 aliphatic carbocycles. The Labute approximate surface area is 90.5 Å². The van der Waals surface area contributed by atoms with Gasteiger partial charge in [-0.3, -0.25) is 0 Å². The summed E-state index contributed by atoms with van der Waals surface area (Å²) in [6, 6.07) is 7.59. The first-order valence-electron chi connectivity index (χ1n) is 5.71. The monoisotopic (exact) mass is 207 g/mol. The lowest BCUT2D eigenvalue weighted by Gasteiger charge is -2.29. The zero-order valence-corrected chi connectivity index (χ0v) is 9.01. The average molecular weight is 207 g/mol. The van der Waals surface area contributed by atoms with Crippen molar-refractivity contribution in [2.45, 2.75) is 44.2 Å². The topological polar surface area (TPSA) is 26.0 Å². The number of halogens is 1. The van der Waals surface area contributed by atoms with Crippen molar-refractivity contribution in [2.75, 3.05) is 5.73 Å². The molecule has 82 valence electrons. The van der Waals surface area contributed by atoms with Crippen molar-refractivity contribution in [1.82, 2.24) is 0 Å². The Hall–Kier alpha value is -1.05. The summed E-state index contributed by atoms with van der Waals surface area (Å²) in [5.74, 6) is 0. The van der Waals surface area contributed by atoms with Gasteiger partial charge in [0.1, 0.15) is 5.67 Å². The van der Waals surface area contributed by atoms with E-state index in [2.05, 4.69) is 0 Å². The van der Waals surface area contributed by atoms with Crippen LogP contribution in [0.15, 0.2) is 24.3 Å². The standard InChI is InChI=1S/C13H18FN/c14-13(7-2-1-3-8-13)10-11-5-4-6-12(15)9-11/h4-6,9H,1-3,7-8,10,15H2. The van der Waals surface area contributed by atoms with Crippen LogP contribution in [0.4, 0.5) is 10.1 Å². The first-order chi connectivity index (χ1) is 7.18. The number of hydrogen-bond donors (Lipinski definition) is 1. The molecule has 0 radical (unpaired) electrons. The summed E-state index contributed by atoms with van der Waals surface area (Å²) in [5, 5.41) is 0. The summed E-state index contributed by atoms with van der Waals surface area (Å²) in [4.78, 5) is 0. The van der Waals surface area contributed by atoms with Gasteiger partial charge in [-0.05, 0) is 30.5 Å². The van der Waals surface area contributed by atoms with Crippen molar-refractivity contribution in [3.63, 3.8) is 0 Å². The Morgan fingerprint density at radius 1 is 1.20 bits per heavy atom. The van der Waals surface area contributed by atoms with E-state index in [1.54, 1.807) is 0 Å². The molecule has 15 heavy (non-hydrogen) atoms. The van der Waals surface area contributed by atoms with Gasteiger partial charge in [-0.1, -0.05) is 31.4 Å². The van der Waals surface area contributed by atoms with Crippen LogP contribution in [-0.4, -0.2) is 5.67 Å². The molecule has 1 aromatic carbocycles. The molecular weight excluding hydrogens is 189 g/mol. The highest BCUT2D eigenvalue weighted by Crippen LogP contribution is 2.34. The molecule has 0 unspecified atom stereocenters. The zero-order chi connectivity index (χ0) is 10.7. The summed E-state index contributed by atoms with van der Waals surface area (Å²) >= 11 is 0. The van der Waals surface area contributed by atoms with E-state index in [1.807, 2.05) is 24.3 Å². The highest BCUT2D eigenvalue weighted by molar-refractivity contribution is 5.41. The first kappa shape index (κ1) is 10.5. The normalized spacial score (nSPS) is 20.1. The molecule has 2 heteroatoms. The molecule has 2 N–H and O–H groups in total. The number of nitrogen functional groups attached to an aromatic ring is 1. The molecule has 2 rings (SSSR count). The summed E-state index contributed by atoms with van der Waals surface area (Å²) in [5.41, 5.74) is 6.46. The van der Waals surface area contributed by atoms with Gasteiger partial charge < -0.3 is 5.73 Å². The van der Waals surface area contributed by atoms with E-state index in [0.29, 0.717) is 19.3 Å². The van der Waals surface area contributed by atoms with E-state index in [1.165, 1.54) is 6.42 Å². The minimum absolute atomic E-state index is 0.526.